The number of rotatable bonds is 4. The van der Waals surface area contributed by atoms with Crippen LogP contribution in [0, 0.1) is 0 Å². The molecule has 1 aliphatic heterocycles. The molecule has 4 heteroatoms. The molecule has 19 heavy (non-hydrogen) atoms. The zero-order valence-corrected chi connectivity index (χ0v) is 11.6. The van der Waals surface area contributed by atoms with E-state index in [1.165, 1.54) is 0 Å². The van der Waals surface area contributed by atoms with E-state index in [2.05, 4.69) is 0 Å². The topological polar surface area (TPSA) is 38.8 Å². The molecule has 0 bridgehead atoms. The lowest BCUT2D eigenvalue weighted by molar-refractivity contribution is -0.126. The van der Waals surface area contributed by atoms with Crippen molar-refractivity contribution in [3.8, 4) is 11.5 Å². The fraction of sp³-hybridized carbons (Fsp3) is 0.400. The number of hydrogen-bond acceptors (Lipinski definition) is 3. The number of nitrogens with zero attached hydrogens (tertiary/aromatic N) is 1. The highest BCUT2D eigenvalue weighted by molar-refractivity contribution is 5.88. The number of carbonyl (C=O) groups is 1. The number of fused-ring (bicyclic) bond motifs is 1. The van der Waals surface area contributed by atoms with Gasteiger partial charge >= 0.3 is 0 Å². The Morgan fingerprint density at radius 1 is 1.32 bits per heavy atom. The lowest BCUT2D eigenvalue weighted by atomic mass is 10.2. The van der Waals surface area contributed by atoms with E-state index >= 15 is 0 Å². The summed E-state index contributed by atoms with van der Waals surface area (Å²) in [4.78, 5) is 13.8. The Morgan fingerprint density at radius 2 is 2.05 bits per heavy atom. The van der Waals surface area contributed by atoms with Crippen molar-refractivity contribution in [2.75, 3.05) is 13.3 Å². The van der Waals surface area contributed by atoms with E-state index in [0.717, 1.165) is 22.6 Å². The van der Waals surface area contributed by atoms with Crippen molar-refractivity contribution in [2.45, 2.75) is 27.3 Å². The smallest absolute Gasteiger partial charge is 0.246 e. The van der Waals surface area contributed by atoms with Gasteiger partial charge in [-0.25, -0.2) is 0 Å². The molecule has 0 N–H and O–H groups in total. The maximum absolute atomic E-state index is 12.0. The molecular formula is C15H19NO3. The zero-order valence-electron chi connectivity index (χ0n) is 11.6. The molecule has 0 radical (unpaired) electrons. The van der Waals surface area contributed by atoms with Gasteiger partial charge < -0.3 is 14.4 Å². The Morgan fingerprint density at radius 3 is 2.74 bits per heavy atom. The molecule has 4 nitrogen and oxygen atoms in total. The SMILES string of the molecule is CCN(Cc1ccc2c(c1)OCO2)C(=O)C=C(C)C. The van der Waals surface area contributed by atoms with E-state index in [9.17, 15) is 4.79 Å². The van der Waals surface area contributed by atoms with E-state index in [1.54, 1.807) is 11.0 Å². The Kier molecular flexibility index (Phi) is 4.10. The van der Waals surface area contributed by atoms with Crippen molar-refractivity contribution in [3.63, 3.8) is 0 Å². The van der Waals surface area contributed by atoms with Crippen molar-refractivity contribution in [1.29, 1.82) is 0 Å². The quantitative estimate of drug-likeness (QED) is 0.782. The van der Waals surface area contributed by atoms with Gasteiger partial charge in [0.05, 0.1) is 0 Å². The highest BCUT2D eigenvalue weighted by Crippen LogP contribution is 2.32. The number of benzene rings is 1. The lowest BCUT2D eigenvalue weighted by Crippen LogP contribution is -2.28. The summed E-state index contributed by atoms with van der Waals surface area (Å²) in [6, 6.07) is 5.78. The van der Waals surface area contributed by atoms with Crippen LogP contribution in [0.2, 0.25) is 0 Å². The number of likely N-dealkylation sites (N-methyl/N-ethyl adjacent to an activating group) is 1. The van der Waals surface area contributed by atoms with Crippen LogP contribution in [0.4, 0.5) is 0 Å². The average molecular weight is 261 g/mol. The summed E-state index contributed by atoms with van der Waals surface area (Å²) in [5, 5.41) is 0. The van der Waals surface area contributed by atoms with Gasteiger partial charge in [-0.05, 0) is 38.5 Å². The first-order valence-corrected chi connectivity index (χ1v) is 6.42. The number of allylic oxidation sites excluding steroid dienone is 1. The molecule has 0 atom stereocenters. The molecule has 0 saturated carbocycles. The van der Waals surface area contributed by atoms with Crippen molar-refractivity contribution in [1.82, 2.24) is 4.90 Å². The molecule has 102 valence electrons. The minimum Gasteiger partial charge on any atom is -0.454 e. The first-order chi connectivity index (χ1) is 9.10. The summed E-state index contributed by atoms with van der Waals surface area (Å²) in [6.45, 7) is 7.35. The summed E-state index contributed by atoms with van der Waals surface area (Å²) < 4.78 is 10.6. The third-order valence-electron chi connectivity index (χ3n) is 2.92. The third kappa shape index (κ3) is 3.28. The molecule has 0 unspecified atom stereocenters. The molecule has 1 aromatic carbocycles. The maximum Gasteiger partial charge on any atom is 0.246 e. The van der Waals surface area contributed by atoms with E-state index < -0.39 is 0 Å². The number of ether oxygens (including phenoxy) is 2. The zero-order chi connectivity index (χ0) is 13.8. The highest BCUT2D eigenvalue weighted by atomic mass is 16.7. The van der Waals surface area contributed by atoms with Gasteiger partial charge in [0.15, 0.2) is 11.5 Å². The van der Waals surface area contributed by atoms with Crippen LogP contribution in [0.25, 0.3) is 0 Å². The second kappa shape index (κ2) is 5.78. The molecule has 0 saturated heterocycles. The van der Waals surface area contributed by atoms with Gasteiger partial charge in [-0.1, -0.05) is 11.6 Å². The number of hydrogen-bond donors (Lipinski definition) is 0. The third-order valence-corrected chi connectivity index (χ3v) is 2.92. The van der Waals surface area contributed by atoms with Gasteiger partial charge in [0.1, 0.15) is 0 Å². The molecule has 1 amide bonds. The molecule has 2 rings (SSSR count). The van der Waals surface area contributed by atoms with Crippen LogP contribution in [0.1, 0.15) is 26.3 Å². The fourth-order valence-corrected chi connectivity index (χ4v) is 1.94. The van der Waals surface area contributed by atoms with E-state index in [4.69, 9.17) is 9.47 Å². The van der Waals surface area contributed by atoms with E-state index in [1.807, 2.05) is 39.0 Å². The van der Waals surface area contributed by atoms with Crippen molar-refractivity contribution < 1.29 is 14.3 Å². The summed E-state index contributed by atoms with van der Waals surface area (Å²) in [6.07, 6.45) is 1.66. The minimum atomic E-state index is 0.0418. The van der Waals surface area contributed by atoms with Gasteiger partial charge in [0.2, 0.25) is 12.7 Å². The van der Waals surface area contributed by atoms with Gasteiger partial charge in [-0.15, -0.1) is 0 Å². The summed E-state index contributed by atoms with van der Waals surface area (Å²) >= 11 is 0. The molecule has 1 aliphatic rings. The van der Waals surface area contributed by atoms with Crippen LogP contribution in [0.5, 0.6) is 11.5 Å². The number of carbonyl (C=O) groups excluding carboxylic acids is 1. The van der Waals surface area contributed by atoms with Crippen LogP contribution in [-0.4, -0.2) is 24.1 Å². The molecular weight excluding hydrogens is 242 g/mol. The van der Waals surface area contributed by atoms with Crippen LogP contribution < -0.4 is 9.47 Å². The Balaban J connectivity index is 2.10. The van der Waals surface area contributed by atoms with Crippen molar-refractivity contribution >= 4 is 5.91 Å². The first-order valence-electron chi connectivity index (χ1n) is 6.42. The van der Waals surface area contributed by atoms with Gasteiger partial charge in [0, 0.05) is 19.2 Å². The Hall–Kier alpha value is -1.97. The second-order valence-corrected chi connectivity index (χ2v) is 4.76. The Labute approximate surface area is 113 Å². The standard InChI is InChI=1S/C15H19NO3/c1-4-16(15(17)7-11(2)3)9-12-5-6-13-14(8-12)19-10-18-13/h5-8H,4,9-10H2,1-3H3. The second-order valence-electron chi connectivity index (χ2n) is 4.76. The predicted molar refractivity (Wildman–Crippen MR) is 73.1 cm³/mol. The Bertz CT molecular complexity index is 504. The highest BCUT2D eigenvalue weighted by Gasteiger charge is 2.15. The largest absolute Gasteiger partial charge is 0.454 e. The van der Waals surface area contributed by atoms with Gasteiger partial charge in [-0.3, -0.25) is 4.79 Å². The van der Waals surface area contributed by atoms with Crippen molar-refractivity contribution in [3.05, 3.63) is 35.4 Å². The van der Waals surface area contributed by atoms with E-state index in [-0.39, 0.29) is 12.7 Å². The maximum atomic E-state index is 12.0. The molecule has 1 heterocycles. The predicted octanol–water partition coefficient (Wildman–Crippen LogP) is 2.73. The van der Waals surface area contributed by atoms with Crippen LogP contribution in [-0.2, 0) is 11.3 Å². The molecule has 0 fully saturated rings. The normalized spacial score (nSPS) is 12.2. The summed E-state index contributed by atoms with van der Waals surface area (Å²) in [5.41, 5.74) is 2.05. The lowest BCUT2D eigenvalue weighted by Gasteiger charge is -2.19. The van der Waals surface area contributed by atoms with Crippen molar-refractivity contribution in [2.24, 2.45) is 0 Å². The van der Waals surface area contributed by atoms with Crippen LogP contribution >= 0.6 is 0 Å². The molecule has 0 spiro atoms. The van der Waals surface area contributed by atoms with E-state index in [0.29, 0.717) is 13.1 Å². The fourth-order valence-electron chi connectivity index (χ4n) is 1.94. The molecule has 0 aliphatic carbocycles. The number of amides is 1. The average Bonchev–Trinajstić information content (AvgIpc) is 2.82. The first kappa shape index (κ1) is 13.5. The van der Waals surface area contributed by atoms with Gasteiger partial charge in [0.25, 0.3) is 0 Å². The van der Waals surface area contributed by atoms with Crippen LogP contribution in [0.3, 0.4) is 0 Å². The monoisotopic (exact) mass is 261 g/mol. The van der Waals surface area contributed by atoms with Crippen LogP contribution in [0.15, 0.2) is 29.8 Å². The summed E-state index contributed by atoms with van der Waals surface area (Å²) in [7, 11) is 0. The molecule has 1 aromatic rings. The molecule has 0 aromatic heterocycles. The minimum absolute atomic E-state index is 0.0418. The van der Waals surface area contributed by atoms with Gasteiger partial charge in [-0.2, -0.15) is 0 Å². The summed E-state index contributed by atoms with van der Waals surface area (Å²) in [5.74, 6) is 1.56.